The van der Waals surface area contributed by atoms with Crippen molar-refractivity contribution < 1.29 is 40.7 Å². The first kappa shape index (κ1) is 40.2. The van der Waals surface area contributed by atoms with E-state index in [4.69, 9.17) is 21.1 Å². The molecular formula is C35H45ClF3N7O6S. The van der Waals surface area contributed by atoms with Crippen LogP contribution in [0.3, 0.4) is 0 Å². The van der Waals surface area contributed by atoms with E-state index >= 15 is 0 Å². The molecule has 2 aliphatic rings. The third-order valence-corrected chi connectivity index (χ3v) is 10.8. The van der Waals surface area contributed by atoms with Gasteiger partial charge in [0.05, 0.1) is 23.3 Å². The second-order valence-electron chi connectivity index (χ2n) is 15.2. The quantitative estimate of drug-likeness (QED) is 0.138. The first-order valence-electron chi connectivity index (χ1n) is 17.3. The number of amides is 2. The number of nitrogens with zero attached hydrogens (tertiary/aromatic N) is 5. The molecule has 0 spiro atoms. The zero-order valence-electron chi connectivity index (χ0n) is 30.3. The Bertz CT molecular complexity index is 1910. The molecule has 3 aromatic heterocycles. The number of carbonyl (C=O) groups is 2. The largest absolute Gasteiger partial charge is 0.477 e. The van der Waals surface area contributed by atoms with E-state index in [1.54, 1.807) is 11.0 Å². The third kappa shape index (κ3) is 10.2. The number of ether oxygens (including phenoxy) is 2. The highest BCUT2D eigenvalue weighted by molar-refractivity contribution is 7.90. The molecule has 2 fully saturated rings. The highest BCUT2D eigenvalue weighted by atomic mass is 35.5. The Morgan fingerprint density at radius 3 is 2.47 bits per heavy atom. The number of nitrogens with one attached hydrogen (secondary N) is 2. The average molecular weight is 784 g/mol. The maximum absolute atomic E-state index is 13.2. The number of hydrogen-bond donors (Lipinski definition) is 2. The van der Waals surface area contributed by atoms with E-state index in [1.165, 1.54) is 41.2 Å². The van der Waals surface area contributed by atoms with Crippen molar-refractivity contribution in [2.75, 3.05) is 19.7 Å². The van der Waals surface area contributed by atoms with Crippen LogP contribution in [-0.2, 0) is 21.3 Å². The van der Waals surface area contributed by atoms with Crippen molar-refractivity contribution in [3.8, 4) is 11.7 Å². The van der Waals surface area contributed by atoms with Crippen LogP contribution in [0.4, 0.5) is 18.0 Å². The van der Waals surface area contributed by atoms with Gasteiger partial charge in [0.1, 0.15) is 10.8 Å². The maximum Gasteiger partial charge on any atom is 0.410 e. The van der Waals surface area contributed by atoms with E-state index in [1.807, 2.05) is 39.3 Å². The number of rotatable bonds is 14. The van der Waals surface area contributed by atoms with Crippen LogP contribution in [0.5, 0.6) is 5.88 Å². The lowest BCUT2D eigenvalue weighted by molar-refractivity contribution is -0.190. The number of alkyl halides is 3. The summed E-state index contributed by atoms with van der Waals surface area (Å²) in [6.45, 7) is 11.0. The molecule has 1 atom stereocenters. The number of carbonyl (C=O) groups excluding carboxylic acids is 2. The van der Waals surface area contributed by atoms with Crippen LogP contribution in [0.2, 0.25) is 5.15 Å². The van der Waals surface area contributed by atoms with Crippen molar-refractivity contribution in [1.82, 2.24) is 34.7 Å². The number of likely N-dealkylation sites (tertiary alicyclic amines) is 1. The van der Waals surface area contributed by atoms with Crippen molar-refractivity contribution in [3.05, 3.63) is 59.0 Å². The van der Waals surface area contributed by atoms with E-state index in [-0.39, 0.29) is 64.9 Å². The summed E-state index contributed by atoms with van der Waals surface area (Å²) < 4.78 is 79.9. The summed E-state index contributed by atoms with van der Waals surface area (Å²) in [4.78, 5) is 35.8. The molecule has 2 N–H and O–H groups in total. The van der Waals surface area contributed by atoms with Gasteiger partial charge in [-0.05, 0) is 110 Å². The fourth-order valence-electron chi connectivity index (χ4n) is 6.30. The molecule has 290 valence electrons. The van der Waals surface area contributed by atoms with Gasteiger partial charge in [-0.25, -0.2) is 24.2 Å². The Labute approximate surface area is 312 Å². The first-order chi connectivity index (χ1) is 24.7. The molecule has 1 unspecified atom stereocenters. The second-order valence-corrected chi connectivity index (χ2v) is 17.2. The first-order valence-corrected chi connectivity index (χ1v) is 19.2. The van der Waals surface area contributed by atoms with Gasteiger partial charge in [0.2, 0.25) is 5.88 Å². The molecule has 4 heterocycles. The van der Waals surface area contributed by atoms with Gasteiger partial charge in [0.15, 0.2) is 10.8 Å². The van der Waals surface area contributed by atoms with E-state index in [0.717, 1.165) is 19.3 Å². The monoisotopic (exact) mass is 783 g/mol. The Morgan fingerprint density at radius 2 is 1.81 bits per heavy atom. The fourth-order valence-corrected chi connectivity index (χ4v) is 7.49. The van der Waals surface area contributed by atoms with Crippen molar-refractivity contribution in [1.29, 1.82) is 0 Å². The Hall–Kier alpha value is -3.96. The van der Waals surface area contributed by atoms with Crippen molar-refractivity contribution in [2.24, 2.45) is 11.3 Å². The summed E-state index contributed by atoms with van der Waals surface area (Å²) in [5.41, 5.74) is -2.31. The molecule has 5 rings (SSSR count). The minimum absolute atomic E-state index is 0.0829. The van der Waals surface area contributed by atoms with Crippen LogP contribution in [0.25, 0.3) is 5.82 Å². The van der Waals surface area contributed by atoms with Gasteiger partial charge < -0.3 is 19.7 Å². The van der Waals surface area contributed by atoms with E-state index in [9.17, 15) is 31.2 Å². The molecule has 1 aliphatic heterocycles. The van der Waals surface area contributed by atoms with Gasteiger partial charge in [-0.3, -0.25) is 4.79 Å². The lowest BCUT2D eigenvalue weighted by Crippen LogP contribution is -2.45. The molecule has 18 heteroatoms. The number of aromatic nitrogens is 4. The summed E-state index contributed by atoms with van der Waals surface area (Å²) in [6, 6.07) is 8.57. The second kappa shape index (κ2) is 15.4. The number of pyridine rings is 2. The van der Waals surface area contributed by atoms with Crippen LogP contribution in [0.1, 0.15) is 89.2 Å². The van der Waals surface area contributed by atoms with Crippen LogP contribution in [0, 0.1) is 11.3 Å². The molecule has 0 bridgehead atoms. The zero-order chi connectivity index (χ0) is 38.8. The summed E-state index contributed by atoms with van der Waals surface area (Å²) >= 11 is 6.25. The van der Waals surface area contributed by atoms with Crippen LogP contribution in [-0.4, -0.2) is 82.1 Å². The molecule has 1 saturated carbocycles. The molecule has 53 heavy (non-hydrogen) atoms. The molecule has 0 radical (unpaired) electrons. The minimum Gasteiger partial charge on any atom is -0.477 e. The highest BCUT2D eigenvalue weighted by Gasteiger charge is 2.62. The smallest absolute Gasteiger partial charge is 0.410 e. The molecular weight excluding hydrogens is 739 g/mol. The predicted molar refractivity (Wildman–Crippen MR) is 189 cm³/mol. The van der Waals surface area contributed by atoms with Gasteiger partial charge in [-0.15, -0.1) is 5.10 Å². The highest BCUT2D eigenvalue weighted by Crippen LogP contribution is 2.59. The van der Waals surface area contributed by atoms with Gasteiger partial charge in [0, 0.05) is 30.9 Å². The van der Waals surface area contributed by atoms with Gasteiger partial charge in [-0.2, -0.15) is 21.6 Å². The molecule has 13 nitrogen and oxygen atoms in total. The Morgan fingerprint density at radius 1 is 1.08 bits per heavy atom. The summed E-state index contributed by atoms with van der Waals surface area (Å²) in [5.74, 6) is -0.451. The topological polar surface area (TPSA) is 158 Å². The number of halogens is 4. The number of hydrogen-bond acceptors (Lipinski definition) is 10. The fraction of sp³-hybridized carbons (Fsp3) is 0.571. The molecule has 2 amide bonds. The standard InChI is InChI=1S/C35H45ClF3N7O6S/c1-32(2,3)52-31(48)45-22-23(20-33(45,4)5)8-7-17-40-21-24-9-6-10-28(41-24)53(49,50)44-30(47)25-11-12-26(42-29(25)36)46-18-13-27(43-46)51-19-16-34(14-15-34)35(37,38)39/h6,9-13,18,23,40H,7-8,14-17,19-22H2,1-5H3,(H,44,47). The SMILES string of the molecule is CC(C)(C)OC(=O)N1CC(CCCNCc2cccc(S(=O)(=O)NC(=O)c3ccc(-n4ccc(OCCC5(C(F)(F)F)CC5)n4)nc3Cl)n2)CC1(C)C. The number of sulfonamides is 1. The summed E-state index contributed by atoms with van der Waals surface area (Å²) in [7, 11) is -4.38. The van der Waals surface area contributed by atoms with Gasteiger partial charge in [0.25, 0.3) is 15.9 Å². The zero-order valence-corrected chi connectivity index (χ0v) is 31.9. The maximum atomic E-state index is 13.2. The van der Waals surface area contributed by atoms with Crippen LogP contribution in [0.15, 0.2) is 47.6 Å². The third-order valence-electron chi connectivity index (χ3n) is 9.29. The van der Waals surface area contributed by atoms with Crippen molar-refractivity contribution in [2.45, 2.75) is 102 Å². The average Bonchev–Trinajstić information content (AvgIpc) is 3.59. The van der Waals surface area contributed by atoms with Crippen molar-refractivity contribution >= 4 is 33.6 Å². The lowest BCUT2D eigenvalue weighted by atomic mass is 9.93. The van der Waals surface area contributed by atoms with E-state index < -0.39 is 33.1 Å². The Kier molecular flexibility index (Phi) is 11.7. The molecule has 1 saturated heterocycles. The Balaban J connectivity index is 1.09. The molecule has 1 aliphatic carbocycles. The minimum atomic E-state index is -4.38. The lowest BCUT2D eigenvalue weighted by Gasteiger charge is -2.33. The van der Waals surface area contributed by atoms with Crippen molar-refractivity contribution in [3.63, 3.8) is 0 Å². The van der Waals surface area contributed by atoms with E-state index in [0.29, 0.717) is 31.2 Å². The predicted octanol–water partition coefficient (Wildman–Crippen LogP) is 6.45. The van der Waals surface area contributed by atoms with Gasteiger partial charge >= 0.3 is 12.3 Å². The summed E-state index contributed by atoms with van der Waals surface area (Å²) in [6.07, 6.45) is -0.518. The molecule has 0 aromatic carbocycles. The van der Waals surface area contributed by atoms with E-state index in [2.05, 4.69) is 20.4 Å². The summed E-state index contributed by atoms with van der Waals surface area (Å²) in [5, 5.41) is 6.76. The molecule has 3 aromatic rings. The van der Waals surface area contributed by atoms with Crippen LogP contribution >= 0.6 is 11.6 Å². The van der Waals surface area contributed by atoms with Crippen LogP contribution < -0.4 is 14.8 Å². The van der Waals surface area contributed by atoms with Gasteiger partial charge in [-0.1, -0.05) is 17.7 Å². The normalized spacial score (nSPS) is 18.1.